The Kier molecular flexibility index (Phi) is 3.05. The summed E-state index contributed by atoms with van der Waals surface area (Å²) in [5, 5.41) is 10.5. The van der Waals surface area contributed by atoms with Crippen molar-refractivity contribution in [3.05, 3.63) is 59.7 Å². The Labute approximate surface area is 125 Å². The highest BCUT2D eigenvalue weighted by molar-refractivity contribution is 5.82. The predicted octanol–water partition coefficient (Wildman–Crippen LogP) is 4.72. The minimum absolute atomic E-state index is 0.270. The van der Waals surface area contributed by atoms with E-state index in [1.54, 1.807) is 6.07 Å². The molecule has 0 atom stereocenters. The zero-order chi connectivity index (χ0) is 15.2. The van der Waals surface area contributed by atoms with Crippen molar-refractivity contribution in [2.75, 3.05) is 0 Å². The Hall–Kier alpha value is -2.22. The molecule has 0 aromatic heterocycles. The van der Waals surface area contributed by atoms with Crippen molar-refractivity contribution in [3.63, 3.8) is 0 Å². The number of allylic oxidation sites excluding steroid dienone is 1. The van der Waals surface area contributed by atoms with Crippen LogP contribution in [-0.2, 0) is 12.0 Å². The van der Waals surface area contributed by atoms with Crippen molar-refractivity contribution in [3.8, 4) is 22.6 Å². The van der Waals surface area contributed by atoms with Gasteiger partial charge in [0.25, 0.3) is 0 Å². The zero-order valence-corrected chi connectivity index (χ0v) is 12.7. The topological polar surface area (TPSA) is 29.5 Å². The van der Waals surface area contributed by atoms with Crippen LogP contribution >= 0.6 is 0 Å². The van der Waals surface area contributed by atoms with Crippen molar-refractivity contribution in [2.24, 2.45) is 0 Å². The quantitative estimate of drug-likeness (QED) is 0.806. The summed E-state index contributed by atoms with van der Waals surface area (Å²) >= 11 is 0. The molecule has 3 rings (SSSR count). The minimum atomic E-state index is -0.407. The second-order valence-electron chi connectivity index (χ2n) is 6.14. The molecule has 0 unspecified atom stereocenters. The lowest BCUT2D eigenvalue weighted by Gasteiger charge is -2.35. The standard InChI is InChI=1S/C19H20O2/c1-5-6-13-10-16(20)18-14-9-12(2)7-8-15(14)19(3,4)21-17(18)11-13/h5,7-11,20H,1,6H2,2-4H3. The van der Waals surface area contributed by atoms with Crippen LogP contribution in [0.4, 0.5) is 0 Å². The molecule has 1 aliphatic heterocycles. The van der Waals surface area contributed by atoms with Gasteiger partial charge in [-0.1, -0.05) is 29.8 Å². The monoisotopic (exact) mass is 280 g/mol. The number of fused-ring (bicyclic) bond motifs is 3. The molecule has 2 aromatic rings. The van der Waals surface area contributed by atoms with E-state index in [9.17, 15) is 5.11 Å². The third-order valence-corrected chi connectivity index (χ3v) is 3.98. The van der Waals surface area contributed by atoms with E-state index in [0.717, 1.165) is 28.0 Å². The number of ether oxygens (including phenoxy) is 1. The average molecular weight is 280 g/mol. The Morgan fingerprint density at radius 1 is 1.24 bits per heavy atom. The van der Waals surface area contributed by atoms with Gasteiger partial charge in [0.1, 0.15) is 17.1 Å². The number of benzene rings is 2. The van der Waals surface area contributed by atoms with Gasteiger partial charge in [0.2, 0.25) is 0 Å². The summed E-state index contributed by atoms with van der Waals surface area (Å²) in [6.45, 7) is 9.93. The molecule has 2 heteroatoms. The first-order valence-electron chi connectivity index (χ1n) is 7.19. The third kappa shape index (κ3) is 2.21. The number of rotatable bonds is 2. The van der Waals surface area contributed by atoms with E-state index in [1.165, 1.54) is 5.56 Å². The van der Waals surface area contributed by atoms with Crippen LogP contribution in [0.25, 0.3) is 11.1 Å². The SMILES string of the molecule is C=CCc1cc(O)c2c(c1)OC(C)(C)c1ccc(C)cc1-2. The Morgan fingerprint density at radius 2 is 2.00 bits per heavy atom. The van der Waals surface area contributed by atoms with Crippen molar-refractivity contribution in [2.45, 2.75) is 32.8 Å². The number of aryl methyl sites for hydroxylation is 1. The number of aromatic hydroxyl groups is 1. The first kappa shape index (κ1) is 13.7. The normalized spacial score (nSPS) is 14.8. The molecular weight excluding hydrogens is 260 g/mol. The van der Waals surface area contributed by atoms with E-state index in [0.29, 0.717) is 6.42 Å². The molecule has 2 aromatic carbocycles. The molecule has 108 valence electrons. The molecule has 0 spiro atoms. The van der Waals surface area contributed by atoms with Crippen molar-refractivity contribution < 1.29 is 9.84 Å². The van der Waals surface area contributed by atoms with Gasteiger partial charge in [-0.15, -0.1) is 6.58 Å². The van der Waals surface area contributed by atoms with Crippen LogP contribution in [-0.4, -0.2) is 5.11 Å². The molecule has 0 amide bonds. The fourth-order valence-electron chi connectivity index (χ4n) is 3.01. The van der Waals surface area contributed by atoms with E-state index >= 15 is 0 Å². The van der Waals surface area contributed by atoms with E-state index < -0.39 is 5.60 Å². The molecule has 1 heterocycles. The maximum Gasteiger partial charge on any atom is 0.132 e. The van der Waals surface area contributed by atoms with E-state index in [2.05, 4.69) is 45.5 Å². The second-order valence-corrected chi connectivity index (χ2v) is 6.14. The van der Waals surface area contributed by atoms with Gasteiger partial charge >= 0.3 is 0 Å². The Bertz CT molecular complexity index is 727. The summed E-state index contributed by atoms with van der Waals surface area (Å²) < 4.78 is 6.16. The van der Waals surface area contributed by atoms with Gasteiger partial charge in [0.05, 0.1) is 5.56 Å². The number of phenolic OH excluding ortho intramolecular Hbond substituents is 1. The van der Waals surface area contributed by atoms with Crippen molar-refractivity contribution >= 4 is 0 Å². The summed E-state index contributed by atoms with van der Waals surface area (Å²) in [6, 6.07) is 10.1. The van der Waals surface area contributed by atoms with Gasteiger partial charge in [-0.05, 0) is 50.5 Å². The lowest BCUT2D eigenvalue weighted by molar-refractivity contribution is 0.105. The van der Waals surface area contributed by atoms with Crippen LogP contribution in [0.2, 0.25) is 0 Å². The fraction of sp³-hybridized carbons (Fsp3) is 0.263. The summed E-state index contributed by atoms with van der Waals surface area (Å²) in [5.74, 6) is 1.02. The first-order chi connectivity index (χ1) is 9.92. The zero-order valence-electron chi connectivity index (χ0n) is 12.7. The highest BCUT2D eigenvalue weighted by Crippen LogP contribution is 2.49. The van der Waals surface area contributed by atoms with Gasteiger partial charge in [-0.2, -0.15) is 0 Å². The van der Waals surface area contributed by atoms with Crippen LogP contribution in [0.5, 0.6) is 11.5 Å². The van der Waals surface area contributed by atoms with Gasteiger partial charge in [0.15, 0.2) is 0 Å². The molecule has 0 bridgehead atoms. The van der Waals surface area contributed by atoms with E-state index in [1.807, 2.05) is 12.1 Å². The minimum Gasteiger partial charge on any atom is -0.507 e. The number of hydrogen-bond acceptors (Lipinski definition) is 2. The Balaban J connectivity index is 2.29. The van der Waals surface area contributed by atoms with E-state index in [-0.39, 0.29) is 5.75 Å². The van der Waals surface area contributed by atoms with Crippen molar-refractivity contribution in [1.29, 1.82) is 0 Å². The summed E-state index contributed by atoms with van der Waals surface area (Å²) in [4.78, 5) is 0. The molecule has 0 saturated heterocycles. The highest BCUT2D eigenvalue weighted by atomic mass is 16.5. The van der Waals surface area contributed by atoms with Gasteiger partial charge in [0, 0.05) is 5.56 Å². The van der Waals surface area contributed by atoms with Gasteiger partial charge in [-0.25, -0.2) is 0 Å². The fourth-order valence-corrected chi connectivity index (χ4v) is 3.01. The molecular formula is C19H20O2. The molecule has 0 fully saturated rings. The molecule has 1 aliphatic rings. The van der Waals surface area contributed by atoms with Crippen LogP contribution in [0, 0.1) is 6.92 Å². The first-order valence-corrected chi connectivity index (χ1v) is 7.19. The highest BCUT2D eigenvalue weighted by Gasteiger charge is 2.34. The average Bonchev–Trinajstić information content (AvgIpc) is 2.37. The number of hydrogen-bond donors (Lipinski definition) is 1. The molecule has 2 nitrogen and oxygen atoms in total. The molecule has 0 saturated carbocycles. The maximum atomic E-state index is 10.5. The summed E-state index contributed by atoms with van der Waals surface area (Å²) in [7, 11) is 0. The Morgan fingerprint density at radius 3 is 2.71 bits per heavy atom. The van der Waals surface area contributed by atoms with Gasteiger partial charge < -0.3 is 9.84 Å². The van der Waals surface area contributed by atoms with Crippen molar-refractivity contribution in [1.82, 2.24) is 0 Å². The van der Waals surface area contributed by atoms with Crippen LogP contribution in [0.1, 0.15) is 30.5 Å². The molecule has 0 aliphatic carbocycles. The second kappa shape index (κ2) is 4.66. The predicted molar refractivity (Wildman–Crippen MR) is 85.8 cm³/mol. The van der Waals surface area contributed by atoms with Crippen LogP contribution in [0.3, 0.4) is 0 Å². The van der Waals surface area contributed by atoms with Crippen LogP contribution in [0.15, 0.2) is 43.0 Å². The molecule has 21 heavy (non-hydrogen) atoms. The lowest BCUT2D eigenvalue weighted by Crippen LogP contribution is -2.29. The van der Waals surface area contributed by atoms with Crippen LogP contribution < -0.4 is 4.74 Å². The third-order valence-electron chi connectivity index (χ3n) is 3.98. The molecule has 1 N–H and O–H groups in total. The smallest absolute Gasteiger partial charge is 0.132 e. The lowest BCUT2D eigenvalue weighted by atomic mass is 9.84. The summed E-state index contributed by atoms with van der Waals surface area (Å²) in [5.41, 5.74) is 4.73. The maximum absolute atomic E-state index is 10.5. The largest absolute Gasteiger partial charge is 0.507 e. The molecule has 0 radical (unpaired) electrons. The number of phenols is 1. The summed E-state index contributed by atoms with van der Waals surface area (Å²) in [6.07, 6.45) is 2.54. The van der Waals surface area contributed by atoms with Gasteiger partial charge in [-0.3, -0.25) is 0 Å². The van der Waals surface area contributed by atoms with E-state index in [4.69, 9.17) is 4.74 Å².